The molecule has 1 aromatic rings. The van der Waals surface area contributed by atoms with Gasteiger partial charge in [-0.15, -0.1) is 0 Å². The molecule has 1 aromatic heterocycles. The van der Waals surface area contributed by atoms with E-state index in [0.717, 1.165) is 0 Å². The Morgan fingerprint density at radius 3 is 2.81 bits per heavy atom. The molecule has 0 spiro atoms. The molecular weight excluding hydrogens is 214 g/mol. The Hall–Kier alpha value is -1.92. The van der Waals surface area contributed by atoms with Crippen molar-refractivity contribution in [3.05, 3.63) is 11.7 Å². The molecule has 0 aliphatic rings. The highest BCUT2D eigenvalue weighted by molar-refractivity contribution is 5.83. The number of carbonyl (C=O) groups excluding carboxylic acids is 2. The Labute approximate surface area is 92.2 Å². The first kappa shape index (κ1) is 12.2. The number of nitrogens with zero attached hydrogens (tertiary/aromatic N) is 2. The van der Waals surface area contributed by atoms with E-state index in [1.807, 2.05) is 0 Å². The second-order valence-electron chi connectivity index (χ2n) is 3.24. The molecule has 0 bridgehead atoms. The van der Waals surface area contributed by atoms with Crippen molar-refractivity contribution < 1.29 is 18.8 Å². The molecule has 0 saturated carbocycles. The Morgan fingerprint density at radius 1 is 1.69 bits per heavy atom. The van der Waals surface area contributed by atoms with Crippen LogP contribution in [0.2, 0.25) is 0 Å². The Bertz CT molecular complexity index is 390. The minimum atomic E-state index is -1.42. The molecule has 1 atom stereocenters. The van der Waals surface area contributed by atoms with Crippen LogP contribution in [-0.4, -0.2) is 29.1 Å². The number of rotatable bonds is 5. The van der Waals surface area contributed by atoms with Gasteiger partial charge < -0.3 is 14.6 Å². The summed E-state index contributed by atoms with van der Waals surface area (Å²) in [5, 5.41) is 5.93. The summed E-state index contributed by atoms with van der Waals surface area (Å²) in [7, 11) is 0. The van der Waals surface area contributed by atoms with Gasteiger partial charge in [-0.1, -0.05) is 5.16 Å². The molecule has 0 saturated heterocycles. The summed E-state index contributed by atoms with van der Waals surface area (Å²) in [4.78, 5) is 26.1. The number of amides is 1. The quantitative estimate of drug-likeness (QED) is 0.557. The molecule has 1 heterocycles. The average Bonchev–Trinajstić information content (AvgIpc) is 2.66. The van der Waals surface area contributed by atoms with Gasteiger partial charge >= 0.3 is 5.97 Å². The van der Waals surface area contributed by atoms with E-state index in [1.165, 1.54) is 6.92 Å². The van der Waals surface area contributed by atoms with Gasteiger partial charge in [0.15, 0.2) is 5.54 Å². The van der Waals surface area contributed by atoms with Crippen molar-refractivity contribution in [2.24, 2.45) is 0 Å². The second kappa shape index (κ2) is 4.73. The standard InChI is InChI=1S/C9H13N3O4/c1-4-15-8(14)9(3,10-5-13)7-11-6(2)16-12-7/h5H,4H2,1-3H3,(H,10,13). The zero-order valence-electron chi connectivity index (χ0n) is 9.31. The fourth-order valence-corrected chi connectivity index (χ4v) is 1.11. The maximum absolute atomic E-state index is 11.7. The lowest BCUT2D eigenvalue weighted by molar-refractivity contribution is -0.152. The lowest BCUT2D eigenvalue weighted by Gasteiger charge is -2.22. The van der Waals surface area contributed by atoms with E-state index in [4.69, 9.17) is 9.26 Å². The molecule has 7 nitrogen and oxygen atoms in total. The molecule has 0 radical (unpaired) electrons. The number of esters is 1. The van der Waals surface area contributed by atoms with Crippen molar-refractivity contribution >= 4 is 12.4 Å². The normalized spacial score (nSPS) is 13.9. The molecule has 1 amide bonds. The smallest absolute Gasteiger partial charge is 0.339 e. The highest BCUT2D eigenvalue weighted by atomic mass is 16.5. The van der Waals surface area contributed by atoms with Gasteiger partial charge in [0.2, 0.25) is 18.1 Å². The van der Waals surface area contributed by atoms with Crippen molar-refractivity contribution in [3.8, 4) is 0 Å². The summed E-state index contributed by atoms with van der Waals surface area (Å²) in [5.74, 6) is -0.267. The lowest BCUT2D eigenvalue weighted by Crippen LogP contribution is -2.48. The van der Waals surface area contributed by atoms with Crippen molar-refractivity contribution in [1.29, 1.82) is 0 Å². The van der Waals surface area contributed by atoms with Crippen molar-refractivity contribution in [1.82, 2.24) is 15.5 Å². The van der Waals surface area contributed by atoms with Gasteiger partial charge in [-0.3, -0.25) is 4.79 Å². The van der Waals surface area contributed by atoms with Crippen LogP contribution in [0.15, 0.2) is 4.52 Å². The first-order valence-corrected chi connectivity index (χ1v) is 4.74. The number of aromatic nitrogens is 2. The van der Waals surface area contributed by atoms with Crippen LogP contribution in [0.1, 0.15) is 25.6 Å². The monoisotopic (exact) mass is 227 g/mol. The van der Waals surface area contributed by atoms with E-state index < -0.39 is 11.5 Å². The Balaban J connectivity index is 3.05. The molecule has 16 heavy (non-hydrogen) atoms. The summed E-state index contributed by atoms with van der Waals surface area (Å²) in [6.07, 6.45) is 0.391. The predicted octanol–water partition coefficient (Wildman–Crippen LogP) is -0.0977. The van der Waals surface area contributed by atoms with Crippen LogP contribution in [0.25, 0.3) is 0 Å². The topological polar surface area (TPSA) is 94.3 Å². The molecule has 0 aliphatic carbocycles. The van der Waals surface area contributed by atoms with E-state index in [0.29, 0.717) is 12.3 Å². The zero-order valence-corrected chi connectivity index (χ0v) is 9.31. The van der Waals surface area contributed by atoms with Crippen LogP contribution in [0.3, 0.4) is 0 Å². The zero-order chi connectivity index (χ0) is 12.2. The van der Waals surface area contributed by atoms with Gasteiger partial charge in [0.25, 0.3) is 0 Å². The third kappa shape index (κ3) is 2.18. The van der Waals surface area contributed by atoms with Gasteiger partial charge in [-0.05, 0) is 13.8 Å². The van der Waals surface area contributed by atoms with Crippen LogP contribution in [0.4, 0.5) is 0 Å². The average molecular weight is 227 g/mol. The second-order valence-corrected chi connectivity index (χ2v) is 3.24. The minimum absolute atomic E-state index is 0.0653. The Kier molecular flexibility index (Phi) is 3.60. The van der Waals surface area contributed by atoms with Crippen LogP contribution >= 0.6 is 0 Å². The van der Waals surface area contributed by atoms with Gasteiger partial charge in [-0.25, -0.2) is 4.79 Å². The molecule has 1 unspecified atom stereocenters. The molecule has 0 aromatic carbocycles. The molecule has 0 fully saturated rings. The fraction of sp³-hybridized carbons (Fsp3) is 0.556. The lowest BCUT2D eigenvalue weighted by atomic mass is 10.0. The van der Waals surface area contributed by atoms with E-state index in [2.05, 4.69) is 15.5 Å². The first-order valence-electron chi connectivity index (χ1n) is 4.74. The summed E-state index contributed by atoms with van der Waals surface area (Å²) in [6.45, 7) is 4.90. The van der Waals surface area contributed by atoms with Crippen LogP contribution in [0, 0.1) is 6.92 Å². The largest absolute Gasteiger partial charge is 0.464 e. The van der Waals surface area contributed by atoms with E-state index in [9.17, 15) is 9.59 Å². The predicted molar refractivity (Wildman–Crippen MR) is 52.2 cm³/mol. The highest BCUT2D eigenvalue weighted by Gasteiger charge is 2.41. The van der Waals surface area contributed by atoms with E-state index in [1.54, 1.807) is 13.8 Å². The number of aryl methyl sites for hydroxylation is 1. The summed E-state index contributed by atoms with van der Waals surface area (Å²) in [5.41, 5.74) is -1.42. The molecule has 7 heteroatoms. The summed E-state index contributed by atoms with van der Waals surface area (Å²) in [6, 6.07) is 0. The Morgan fingerprint density at radius 2 is 2.38 bits per heavy atom. The van der Waals surface area contributed by atoms with Crippen LogP contribution in [0.5, 0.6) is 0 Å². The summed E-state index contributed by atoms with van der Waals surface area (Å²) < 4.78 is 9.60. The van der Waals surface area contributed by atoms with Gasteiger partial charge in [-0.2, -0.15) is 4.98 Å². The SMILES string of the molecule is CCOC(=O)C(C)(NC=O)c1noc(C)n1. The molecule has 1 rings (SSSR count). The van der Waals surface area contributed by atoms with E-state index >= 15 is 0 Å². The molecule has 0 aliphatic heterocycles. The van der Waals surface area contributed by atoms with E-state index in [-0.39, 0.29) is 12.4 Å². The molecule has 88 valence electrons. The van der Waals surface area contributed by atoms with Gasteiger partial charge in [0.1, 0.15) is 0 Å². The third-order valence-corrected chi connectivity index (χ3v) is 2.01. The van der Waals surface area contributed by atoms with Crippen molar-refractivity contribution in [2.45, 2.75) is 26.3 Å². The number of hydrogen-bond donors (Lipinski definition) is 1. The first-order chi connectivity index (χ1) is 7.54. The number of hydrogen-bond acceptors (Lipinski definition) is 6. The fourth-order valence-electron chi connectivity index (χ4n) is 1.11. The molecular formula is C9H13N3O4. The van der Waals surface area contributed by atoms with Gasteiger partial charge in [0.05, 0.1) is 6.61 Å². The highest BCUT2D eigenvalue weighted by Crippen LogP contribution is 2.18. The van der Waals surface area contributed by atoms with Crippen molar-refractivity contribution in [2.75, 3.05) is 6.61 Å². The van der Waals surface area contributed by atoms with Crippen LogP contribution in [-0.2, 0) is 19.9 Å². The maximum atomic E-state index is 11.7. The maximum Gasteiger partial charge on any atom is 0.339 e. The van der Waals surface area contributed by atoms with Crippen LogP contribution < -0.4 is 5.32 Å². The number of nitrogens with one attached hydrogen (secondary N) is 1. The molecule has 1 N–H and O–H groups in total. The van der Waals surface area contributed by atoms with Crippen molar-refractivity contribution in [3.63, 3.8) is 0 Å². The third-order valence-electron chi connectivity index (χ3n) is 2.01. The van der Waals surface area contributed by atoms with Gasteiger partial charge in [0, 0.05) is 6.92 Å². The number of carbonyl (C=O) groups is 2. The number of ether oxygens (including phenoxy) is 1. The minimum Gasteiger partial charge on any atom is -0.464 e. The summed E-state index contributed by atoms with van der Waals surface area (Å²) >= 11 is 0.